The van der Waals surface area contributed by atoms with Crippen LogP contribution in [0.15, 0.2) is 54.6 Å². The Morgan fingerprint density at radius 1 is 0.714 bits per heavy atom. The maximum absolute atomic E-state index is 5.83. The fourth-order valence-electron chi connectivity index (χ4n) is 1.10. The van der Waals surface area contributed by atoms with Gasteiger partial charge in [0.2, 0.25) is 0 Å². The first-order valence-corrected chi connectivity index (χ1v) is 6.83. The Morgan fingerprint density at radius 2 is 1.29 bits per heavy atom. The van der Waals surface area contributed by atoms with E-state index in [2.05, 4.69) is 42.5 Å². The summed E-state index contributed by atoms with van der Waals surface area (Å²) in [5, 5.41) is 0.811. The Kier molecular flexibility index (Phi) is 3.43. The van der Waals surface area contributed by atoms with E-state index in [0.717, 1.165) is 5.02 Å². The molecule has 0 heterocycles. The van der Waals surface area contributed by atoms with Crippen molar-refractivity contribution in [3.05, 3.63) is 66.8 Å². The zero-order valence-electron chi connectivity index (χ0n) is 7.45. The zero-order valence-corrected chi connectivity index (χ0v) is 10.4. The first-order chi connectivity index (χ1) is 6.84. The van der Waals surface area contributed by atoms with Gasteiger partial charge in [-0.2, -0.15) is 0 Å². The van der Waals surface area contributed by atoms with E-state index in [9.17, 15) is 0 Å². The third-order valence-electron chi connectivity index (χ3n) is 1.75. The molecule has 0 unspecified atom stereocenters. The van der Waals surface area contributed by atoms with Crippen LogP contribution < -0.4 is 21.2 Å². The standard InChI is InChI=1S/C12H9ClI/c13-10-6-8-12(9-7-10)14-11-4-2-1-3-5-11/h1-9H/q-1. The van der Waals surface area contributed by atoms with E-state index in [-0.39, 0.29) is 21.2 Å². The summed E-state index contributed by atoms with van der Waals surface area (Å²) in [6.07, 6.45) is 0. The number of hydrogen-bond acceptors (Lipinski definition) is 0. The van der Waals surface area contributed by atoms with Crippen molar-refractivity contribution in [3.8, 4) is 0 Å². The summed E-state index contributed by atoms with van der Waals surface area (Å²) in [6.45, 7) is 0. The molecule has 2 heteroatoms. The molecule has 0 aliphatic rings. The SMILES string of the molecule is Clc1ccc([I-]c2ccccc2)cc1. The number of hydrogen-bond donors (Lipinski definition) is 0. The van der Waals surface area contributed by atoms with Crippen LogP contribution in [0.5, 0.6) is 0 Å². The van der Waals surface area contributed by atoms with Crippen LogP contribution in [0.4, 0.5) is 0 Å². The second kappa shape index (κ2) is 4.80. The first kappa shape index (κ1) is 9.99. The summed E-state index contributed by atoms with van der Waals surface area (Å²) in [7, 11) is 0. The van der Waals surface area contributed by atoms with Gasteiger partial charge in [-0.15, -0.1) is 0 Å². The van der Waals surface area contributed by atoms with Crippen molar-refractivity contribution in [2.24, 2.45) is 0 Å². The zero-order chi connectivity index (χ0) is 9.80. The van der Waals surface area contributed by atoms with Crippen molar-refractivity contribution in [2.75, 3.05) is 0 Å². The number of benzene rings is 2. The Balaban J connectivity index is 2.16. The van der Waals surface area contributed by atoms with Gasteiger partial charge in [-0.3, -0.25) is 0 Å². The molecule has 0 spiro atoms. The topological polar surface area (TPSA) is 0 Å². The summed E-state index contributed by atoms with van der Waals surface area (Å²) in [6, 6.07) is 18.7. The third kappa shape index (κ3) is 2.72. The molecule has 0 aliphatic carbocycles. The molecule has 0 saturated heterocycles. The molecule has 0 saturated carbocycles. The molecule has 0 N–H and O–H groups in total. The second-order valence-electron chi connectivity index (χ2n) is 2.83. The van der Waals surface area contributed by atoms with Crippen molar-refractivity contribution in [2.45, 2.75) is 0 Å². The van der Waals surface area contributed by atoms with Gasteiger partial charge >= 0.3 is 99.6 Å². The second-order valence-corrected chi connectivity index (χ2v) is 6.29. The summed E-state index contributed by atoms with van der Waals surface area (Å²) in [4.78, 5) is 0. The van der Waals surface area contributed by atoms with Crippen molar-refractivity contribution >= 4 is 11.6 Å². The molecule has 2 rings (SSSR count). The molecule has 72 valence electrons. The average molecular weight is 316 g/mol. The quantitative estimate of drug-likeness (QED) is 0.707. The number of rotatable bonds is 2. The van der Waals surface area contributed by atoms with E-state index < -0.39 is 0 Å². The van der Waals surface area contributed by atoms with Crippen LogP contribution in [0.3, 0.4) is 0 Å². The molecule has 0 bridgehead atoms. The van der Waals surface area contributed by atoms with Crippen molar-refractivity contribution in [1.29, 1.82) is 0 Å². The molecular formula is C12H9ClI-. The van der Waals surface area contributed by atoms with E-state index in [4.69, 9.17) is 11.6 Å². The van der Waals surface area contributed by atoms with Gasteiger partial charge in [0.15, 0.2) is 0 Å². The Morgan fingerprint density at radius 3 is 1.93 bits per heavy atom. The van der Waals surface area contributed by atoms with E-state index in [1.807, 2.05) is 12.1 Å². The maximum atomic E-state index is 5.83. The monoisotopic (exact) mass is 315 g/mol. The fraction of sp³-hybridized carbons (Fsp3) is 0. The molecule has 0 nitrogen and oxygen atoms in total. The molecule has 0 fully saturated rings. The van der Waals surface area contributed by atoms with Gasteiger partial charge in [-0.25, -0.2) is 0 Å². The predicted octanol–water partition coefficient (Wildman–Crippen LogP) is 0.468. The van der Waals surface area contributed by atoms with E-state index in [0.29, 0.717) is 0 Å². The molecule has 0 aliphatic heterocycles. The van der Waals surface area contributed by atoms with Gasteiger partial charge in [0.05, 0.1) is 0 Å². The first-order valence-electron chi connectivity index (χ1n) is 4.30. The van der Waals surface area contributed by atoms with Crippen LogP contribution in [-0.4, -0.2) is 0 Å². The van der Waals surface area contributed by atoms with Crippen LogP contribution in [0.2, 0.25) is 5.02 Å². The Hall–Kier alpha value is -0.540. The molecule has 2 aromatic rings. The summed E-state index contributed by atoms with van der Waals surface area (Å²) < 4.78 is 2.84. The summed E-state index contributed by atoms with van der Waals surface area (Å²) in [5.74, 6) is 0. The Labute approximate surface area is 99.2 Å². The number of halogens is 2. The summed E-state index contributed by atoms with van der Waals surface area (Å²) in [5.41, 5.74) is 0. The van der Waals surface area contributed by atoms with Crippen LogP contribution in [0.25, 0.3) is 0 Å². The minimum atomic E-state index is -0.0427. The molecular weight excluding hydrogens is 306 g/mol. The van der Waals surface area contributed by atoms with Crippen molar-refractivity contribution < 1.29 is 21.2 Å². The van der Waals surface area contributed by atoms with Crippen molar-refractivity contribution in [1.82, 2.24) is 0 Å². The van der Waals surface area contributed by atoms with Crippen LogP contribution >= 0.6 is 11.6 Å². The molecule has 0 aromatic heterocycles. The fourth-order valence-corrected chi connectivity index (χ4v) is 3.44. The minimum absolute atomic E-state index is 0.0427. The third-order valence-corrected chi connectivity index (χ3v) is 4.69. The molecule has 0 atom stereocenters. The van der Waals surface area contributed by atoms with Gasteiger partial charge in [0.1, 0.15) is 0 Å². The van der Waals surface area contributed by atoms with E-state index >= 15 is 0 Å². The summed E-state index contributed by atoms with van der Waals surface area (Å²) >= 11 is 5.78. The normalized spacial score (nSPS) is 10.4. The van der Waals surface area contributed by atoms with Gasteiger partial charge in [-0.1, -0.05) is 0 Å². The molecule has 14 heavy (non-hydrogen) atoms. The van der Waals surface area contributed by atoms with Gasteiger partial charge in [-0.05, 0) is 0 Å². The van der Waals surface area contributed by atoms with Gasteiger partial charge < -0.3 is 0 Å². The van der Waals surface area contributed by atoms with Crippen molar-refractivity contribution in [3.63, 3.8) is 0 Å². The van der Waals surface area contributed by atoms with E-state index in [1.165, 1.54) is 7.14 Å². The van der Waals surface area contributed by atoms with E-state index in [1.54, 1.807) is 0 Å². The Bertz CT molecular complexity index is 394. The van der Waals surface area contributed by atoms with Crippen LogP contribution in [0, 0.1) is 7.14 Å². The molecule has 2 aromatic carbocycles. The molecule has 0 amide bonds. The average Bonchev–Trinajstić information content (AvgIpc) is 2.23. The van der Waals surface area contributed by atoms with Gasteiger partial charge in [0.25, 0.3) is 0 Å². The molecule has 0 radical (unpaired) electrons. The van der Waals surface area contributed by atoms with Crippen LogP contribution in [-0.2, 0) is 0 Å². The van der Waals surface area contributed by atoms with Gasteiger partial charge in [0, 0.05) is 0 Å². The van der Waals surface area contributed by atoms with Crippen LogP contribution in [0.1, 0.15) is 0 Å². The predicted molar refractivity (Wildman–Crippen MR) is 55.3 cm³/mol.